The van der Waals surface area contributed by atoms with Gasteiger partial charge in [0.25, 0.3) is 0 Å². The molecule has 2 heteroatoms. The second kappa shape index (κ2) is 6.36. The van der Waals surface area contributed by atoms with Crippen LogP contribution < -0.4 is 5.32 Å². The number of pyridine rings is 1. The molecule has 1 fully saturated rings. The average molecular weight is 268 g/mol. The number of benzene rings is 1. The molecule has 1 heterocycles. The van der Waals surface area contributed by atoms with Gasteiger partial charge in [0.2, 0.25) is 0 Å². The molecule has 0 aliphatic heterocycles. The Morgan fingerprint density at radius 3 is 2.70 bits per heavy atom. The third kappa shape index (κ3) is 3.01. The molecule has 0 bridgehead atoms. The maximum absolute atomic E-state index is 4.82. The van der Waals surface area contributed by atoms with Crippen LogP contribution in [0.2, 0.25) is 0 Å². The fourth-order valence-electron chi connectivity index (χ4n) is 3.49. The van der Waals surface area contributed by atoms with Crippen LogP contribution in [0.3, 0.4) is 0 Å². The first-order chi connectivity index (χ1) is 9.86. The highest BCUT2D eigenvalue weighted by Crippen LogP contribution is 2.28. The van der Waals surface area contributed by atoms with Crippen LogP contribution in [0.4, 0.5) is 0 Å². The summed E-state index contributed by atoms with van der Waals surface area (Å²) in [5, 5.41) is 4.76. The van der Waals surface area contributed by atoms with Gasteiger partial charge in [-0.05, 0) is 37.9 Å². The van der Waals surface area contributed by atoms with Crippen molar-refractivity contribution < 1.29 is 0 Å². The van der Waals surface area contributed by atoms with Crippen molar-refractivity contribution in [2.45, 2.75) is 44.6 Å². The second-order valence-corrected chi connectivity index (χ2v) is 5.99. The Bertz CT molecular complexity index is 558. The van der Waals surface area contributed by atoms with Crippen molar-refractivity contribution in [2.24, 2.45) is 5.92 Å². The summed E-state index contributed by atoms with van der Waals surface area (Å²) >= 11 is 0. The van der Waals surface area contributed by atoms with Crippen LogP contribution >= 0.6 is 0 Å². The van der Waals surface area contributed by atoms with E-state index in [9.17, 15) is 0 Å². The third-order valence-electron chi connectivity index (χ3n) is 4.67. The number of fused-ring (bicyclic) bond motifs is 1. The average Bonchev–Trinajstić information content (AvgIpc) is 2.53. The van der Waals surface area contributed by atoms with Gasteiger partial charge in [-0.1, -0.05) is 43.5 Å². The minimum Gasteiger partial charge on any atom is -0.316 e. The molecule has 0 radical (unpaired) electrons. The number of hydrogen-bond donors (Lipinski definition) is 1. The van der Waals surface area contributed by atoms with Crippen LogP contribution in [-0.4, -0.2) is 18.1 Å². The summed E-state index contributed by atoms with van der Waals surface area (Å²) in [5.41, 5.74) is 2.33. The van der Waals surface area contributed by atoms with Gasteiger partial charge in [-0.3, -0.25) is 4.98 Å². The predicted molar refractivity (Wildman–Crippen MR) is 84.9 cm³/mol. The fourth-order valence-corrected chi connectivity index (χ4v) is 3.49. The Kier molecular flexibility index (Phi) is 4.31. The van der Waals surface area contributed by atoms with E-state index in [0.717, 1.165) is 17.9 Å². The number of nitrogens with one attached hydrogen (secondary N) is 1. The first-order valence-electron chi connectivity index (χ1n) is 7.89. The van der Waals surface area contributed by atoms with E-state index in [2.05, 4.69) is 48.8 Å². The van der Waals surface area contributed by atoms with Crippen LogP contribution in [-0.2, 0) is 6.42 Å². The lowest BCUT2D eigenvalue weighted by Gasteiger charge is -2.30. The normalized spacial score (nSPS) is 18.2. The van der Waals surface area contributed by atoms with E-state index in [0.29, 0.717) is 6.04 Å². The first kappa shape index (κ1) is 13.6. The molecule has 20 heavy (non-hydrogen) atoms. The van der Waals surface area contributed by atoms with Crippen LogP contribution in [0.15, 0.2) is 36.4 Å². The van der Waals surface area contributed by atoms with E-state index in [1.54, 1.807) is 0 Å². The van der Waals surface area contributed by atoms with Crippen molar-refractivity contribution >= 4 is 10.9 Å². The maximum Gasteiger partial charge on any atom is 0.0705 e. The Hall–Kier alpha value is -1.41. The zero-order chi connectivity index (χ0) is 13.8. The summed E-state index contributed by atoms with van der Waals surface area (Å²) in [7, 11) is 2.10. The molecule has 1 aromatic heterocycles. The standard InChI is InChI=1S/C18H24N2/c1-19-18(14-7-3-2-4-8-14)13-16-12-11-15-9-5-6-10-17(15)20-16/h5-6,9-12,14,18-19H,2-4,7-8,13H2,1H3. The summed E-state index contributed by atoms with van der Waals surface area (Å²) in [6.07, 6.45) is 8.01. The lowest BCUT2D eigenvalue weighted by atomic mass is 9.82. The molecule has 1 saturated carbocycles. The largest absolute Gasteiger partial charge is 0.316 e. The molecule has 0 amide bonds. The number of hydrogen-bond acceptors (Lipinski definition) is 2. The zero-order valence-corrected chi connectivity index (χ0v) is 12.3. The Labute approximate surface area is 121 Å². The lowest BCUT2D eigenvalue weighted by Crippen LogP contribution is -2.36. The fraction of sp³-hybridized carbons (Fsp3) is 0.500. The molecule has 2 aromatic rings. The van der Waals surface area contributed by atoms with Gasteiger partial charge in [-0.2, -0.15) is 0 Å². The highest BCUT2D eigenvalue weighted by atomic mass is 14.9. The molecule has 106 valence electrons. The molecular weight excluding hydrogens is 244 g/mol. The highest BCUT2D eigenvalue weighted by molar-refractivity contribution is 5.78. The van der Waals surface area contributed by atoms with Gasteiger partial charge in [0, 0.05) is 23.5 Å². The van der Waals surface area contributed by atoms with Gasteiger partial charge in [0.05, 0.1) is 5.52 Å². The maximum atomic E-state index is 4.82. The molecule has 1 aliphatic carbocycles. The Morgan fingerprint density at radius 2 is 1.90 bits per heavy atom. The number of nitrogens with zero attached hydrogens (tertiary/aromatic N) is 1. The topological polar surface area (TPSA) is 24.9 Å². The Balaban J connectivity index is 1.76. The molecular formula is C18H24N2. The van der Waals surface area contributed by atoms with Crippen molar-refractivity contribution in [3.8, 4) is 0 Å². The van der Waals surface area contributed by atoms with E-state index >= 15 is 0 Å². The van der Waals surface area contributed by atoms with Crippen molar-refractivity contribution in [1.82, 2.24) is 10.3 Å². The van der Waals surface area contributed by atoms with Gasteiger partial charge in [0.1, 0.15) is 0 Å². The third-order valence-corrected chi connectivity index (χ3v) is 4.67. The van der Waals surface area contributed by atoms with Crippen LogP contribution in [0.25, 0.3) is 10.9 Å². The summed E-state index contributed by atoms with van der Waals surface area (Å²) < 4.78 is 0. The molecule has 0 saturated heterocycles. The van der Waals surface area contributed by atoms with E-state index in [1.807, 2.05) is 0 Å². The molecule has 1 unspecified atom stereocenters. The van der Waals surface area contributed by atoms with Gasteiger partial charge in [-0.25, -0.2) is 0 Å². The zero-order valence-electron chi connectivity index (χ0n) is 12.3. The molecule has 3 rings (SSSR count). The molecule has 2 nitrogen and oxygen atoms in total. The van der Waals surface area contributed by atoms with Gasteiger partial charge in [-0.15, -0.1) is 0 Å². The summed E-state index contributed by atoms with van der Waals surface area (Å²) in [4.78, 5) is 4.82. The molecule has 1 aliphatic rings. The predicted octanol–water partition coefficient (Wildman–Crippen LogP) is 3.95. The van der Waals surface area contributed by atoms with Crippen molar-refractivity contribution in [3.63, 3.8) is 0 Å². The molecule has 1 atom stereocenters. The van der Waals surface area contributed by atoms with E-state index < -0.39 is 0 Å². The smallest absolute Gasteiger partial charge is 0.0705 e. The number of aromatic nitrogens is 1. The molecule has 0 spiro atoms. The number of likely N-dealkylation sites (N-methyl/N-ethyl adjacent to an activating group) is 1. The summed E-state index contributed by atoms with van der Waals surface area (Å²) in [6.45, 7) is 0. The minimum absolute atomic E-state index is 0.573. The molecule has 1 N–H and O–H groups in total. The lowest BCUT2D eigenvalue weighted by molar-refractivity contribution is 0.276. The molecule has 1 aromatic carbocycles. The van der Waals surface area contributed by atoms with Crippen molar-refractivity contribution in [3.05, 3.63) is 42.1 Å². The first-order valence-corrected chi connectivity index (χ1v) is 7.89. The van der Waals surface area contributed by atoms with Crippen LogP contribution in [0.5, 0.6) is 0 Å². The summed E-state index contributed by atoms with van der Waals surface area (Å²) in [6, 6.07) is 13.3. The van der Waals surface area contributed by atoms with E-state index in [-0.39, 0.29) is 0 Å². The van der Waals surface area contributed by atoms with E-state index in [4.69, 9.17) is 4.98 Å². The second-order valence-electron chi connectivity index (χ2n) is 5.99. The van der Waals surface area contributed by atoms with Gasteiger partial charge < -0.3 is 5.32 Å². The van der Waals surface area contributed by atoms with Gasteiger partial charge in [0.15, 0.2) is 0 Å². The van der Waals surface area contributed by atoms with Crippen molar-refractivity contribution in [2.75, 3.05) is 7.05 Å². The highest BCUT2D eigenvalue weighted by Gasteiger charge is 2.22. The monoisotopic (exact) mass is 268 g/mol. The number of rotatable bonds is 4. The van der Waals surface area contributed by atoms with Crippen LogP contribution in [0.1, 0.15) is 37.8 Å². The minimum atomic E-state index is 0.573. The van der Waals surface area contributed by atoms with Gasteiger partial charge >= 0.3 is 0 Å². The summed E-state index contributed by atoms with van der Waals surface area (Å²) in [5.74, 6) is 0.821. The SMILES string of the molecule is CNC(Cc1ccc2ccccc2n1)C1CCCCC1. The van der Waals surface area contributed by atoms with Crippen LogP contribution in [0, 0.1) is 5.92 Å². The Morgan fingerprint density at radius 1 is 1.10 bits per heavy atom. The van der Waals surface area contributed by atoms with Crippen molar-refractivity contribution in [1.29, 1.82) is 0 Å². The number of para-hydroxylation sites is 1. The quantitative estimate of drug-likeness (QED) is 0.908. The van der Waals surface area contributed by atoms with E-state index in [1.165, 1.54) is 43.2 Å².